The van der Waals surface area contributed by atoms with E-state index in [1.54, 1.807) is 12.1 Å². The largest absolute Gasteiger partial charge is 0.349 e. The molecule has 2 fully saturated rings. The van der Waals surface area contributed by atoms with Crippen molar-refractivity contribution in [3.8, 4) is 0 Å². The Hall–Kier alpha value is -1.06. The monoisotopic (exact) mass is 320 g/mol. The summed E-state index contributed by atoms with van der Waals surface area (Å²) in [5.41, 5.74) is 0.661. The van der Waals surface area contributed by atoms with Crippen molar-refractivity contribution >= 4 is 17.5 Å². The number of piperidine rings is 2. The van der Waals surface area contributed by atoms with Crippen LogP contribution in [0.5, 0.6) is 0 Å². The highest BCUT2D eigenvalue weighted by Gasteiger charge is 2.38. The third-order valence-electron chi connectivity index (χ3n) is 5.03. The lowest BCUT2D eigenvalue weighted by atomic mass is 9.81. The van der Waals surface area contributed by atoms with Gasteiger partial charge in [-0.05, 0) is 56.8 Å². The van der Waals surface area contributed by atoms with Crippen LogP contribution in [0.3, 0.4) is 0 Å². The molecule has 0 spiro atoms. The molecule has 2 atom stereocenters. The lowest BCUT2D eigenvalue weighted by Gasteiger charge is -2.49. The molecule has 22 heavy (non-hydrogen) atoms. The van der Waals surface area contributed by atoms with Crippen molar-refractivity contribution in [1.29, 1.82) is 0 Å². The Morgan fingerprint density at radius 2 is 2.05 bits per heavy atom. The maximum Gasteiger partial charge on any atom is 0.251 e. The molecule has 0 unspecified atom stereocenters. The Morgan fingerprint density at radius 3 is 2.68 bits per heavy atom. The molecule has 1 aromatic rings. The molecule has 3 nitrogen and oxygen atoms in total. The summed E-state index contributed by atoms with van der Waals surface area (Å²) in [5.74, 6) is 0.00881. The van der Waals surface area contributed by atoms with Gasteiger partial charge in [-0.2, -0.15) is 0 Å². The number of halogens is 1. The Bertz CT molecular complexity index is 520. The van der Waals surface area contributed by atoms with Gasteiger partial charge in [-0.25, -0.2) is 0 Å². The van der Waals surface area contributed by atoms with E-state index in [1.165, 1.54) is 32.2 Å². The third kappa shape index (κ3) is 3.47. The first-order valence-electron chi connectivity index (χ1n) is 8.49. The van der Waals surface area contributed by atoms with E-state index in [0.717, 1.165) is 12.8 Å². The third-order valence-corrected chi connectivity index (χ3v) is 5.26. The van der Waals surface area contributed by atoms with Gasteiger partial charge in [-0.15, -0.1) is 0 Å². The number of nitrogens with zero attached hydrogens (tertiary/aromatic N) is 1. The van der Waals surface area contributed by atoms with Crippen molar-refractivity contribution in [2.45, 2.75) is 63.6 Å². The smallest absolute Gasteiger partial charge is 0.251 e. The van der Waals surface area contributed by atoms with Crippen molar-refractivity contribution in [2.24, 2.45) is 0 Å². The second kappa shape index (κ2) is 7.01. The van der Waals surface area contributed by atoms with Crippen LogP contribution < -0.4 is 5.32 Å². The molecule has 2 aliphatic heterocycles. The number of fused-ring (bicyclic) bond motifs is 2. The number of hydrogen-bond donors (Lipinski definition) is 1. The molecule has 4 heteroatoms. The van der Waals surface area contributed by atoms with Gasteiger partial charge >= 0.3 is 0 Å². The molecule has 2 bridgehead atoms. The molecular formula is C18H25ClN2O. The minimum Gasteiger partial charge on any atom is -0.349 e. The maximum absolute atomic E-state index is 12.4. The minimum atomic E-state index is 0.00881. The molecule has 2 saturated heterocycles. The second-order valence-corrected chi connectivity index (χ2v) is 7.06. The second-order valence-electron chi connectivity index (χ2n) is 6.63. The van der Waals surface area contributed by atoms with Gasteiger partial charge in [-0.3, -0.25) is 9.69 Å². The van der Waals surface area contributed by atoms with E-state index >= 15 is 0 Å². The number of carbonyl (C=O) groups is 1. The number of rotatable bonds is 4. The molecule has 0 aromatic heterocycles. The van der Waals surface area contributed by atoms with Crippen LogP contribution in [0.1, 0.15) is 55.8 Å². The van der Waals surface area contributed by atoms with Gasteiger partial charge in [0.05, 0.1) is 0 Å². The van der Waals surface area contributed by atoms with Crippen LogP contribution in [0.4, 0.5) is 0 Å². The van der Waals surface area contributed by atoms with Crippen LogP contribution in [0.15, 0.2) is 24.3 Å². The standard InChI is InChI=1S/C18H25ClN2O/c1-2-9-21-16-7-4-8-17(21)12-15(11-16)20-18(22)13-5-3-6-14(19)10-13/h3,5-6,10,15-17H,2,4,7-9,11-12H2,1H3,(H,20,22)/t16-,17-/m1/s1. The number of amides is 1. The van der Waals surface area contributed by atoms with Gasteiger partial charge < -0.3 is 5.32 Å². The summed E-state index contributed by atoms with van der Waals surface area (Å²) in [6.07, 6.45) is 7.28. The van der Waals surface area contributed by atoms with E-state index in [2.05, 4.69) is 17.1 Å². The van der Waals surface area contributed by atoms with E-state index in [-0.39, 0.29) is 5.91 Å². The van der Waals surface area contributed by atoms with Crippen LogP contribution >= 0.6 is 11.6 Å². The maximum atomic E-state index is 12.4. The fraction of sp³-hybridized carbons (Fsp3) is 0.611. The molecule has 2 heterocycles. The van der Waals surface area contributed by atoms with Gasteiger partial charge in [0.15, 0.2) is 0 Å². The van der Waals surface area contributed by atoms with Crippen molar-refractivity contribution in [1.82, 2.24) is 10.2 Å². The zero-order chi connectivity index (χ0) is 15.5. The van der Waals surface area contributed by atoms with Crippen LogP contribution in [-0.2, 0) is 0 Å². The van der Waals surface area contributed by atoms with Crippen LogP contribution in [0.25, 0.3) is 0 Å². The zero-order valence-electron chi connectivity index (χ0n) is 13.2. The van der Waals surface area contributed by atoms with E-state index in [1.807, 2.05) is 12.1 Å². The highest BCUT2D eigenvalue weighted by molar-refractivity contribution is 6.30. The minimum absolute atomic E-state index is 0.00881. The van der Waals surface area contributed by atoms with Crippen LogP contribution in [-0.4, -0.2) is 35.5 Å². The zero-order valence-corrected chi connectivity index (χ0v) is 14.0. The van der Waals surface area contributed by atoms with E-state index in [0.29, 0.717) is 28.7 Å². The Balaban J connectivity index is 1.63. The first-order valence-corrected chi connectivity index (χ1v) is 8.87. The topological polar surface area (TPSA) is 32.3 Å². The molecule has 1 N–H and O–H groups in total. The van der Waals surface area contributed by atoms with Crippen molar-refractivity contribution in [3.63, 3.8) is 0 Å². The molecular weight excluding hydrogens is 296 g/mol. The van der Waals surface area contributed by atoms with E-state index in [4.69, 9.17) is 11.6 Å². The number of benzene rings is 1. The highest BCUT2D eigenvalue weighted by atomic mass is 35.5. The summed E-state index contributed by atoms with van der Waals surface area (Å²) in [5, 5.41) is 3.84. The first kappa shape index (κ1) is 15.8. The normalized spacial score (nSPS) is 28.4. The summed E-state index contributed by atoms with van der Waals surface area (Å²) in [4.78, 5) is 15.1. The first-order chi connectivity index (χ1) is 10.7. The number of hydrogen-bond acceptors (Lipinski definition) is 2. The van der Waals surface area contributed by atoms with Gasteiger partial charge in [0, 0.05) is 28.7 Å². The van der Waals surface area contributed by atoms with E-state index in [9.17, 15) is 4.79 Å². The Labute approximate surface area is 138 Å². The molecule has 1 aromatic carbocycles. The lowest BCUT2D eigenvalue weighted by molar-refractivity contribution is 0.0245. The SMILES string of the molecule is CCCN1[C@@H]2CCC[C@@H]1CC(NC(=O)c1cccc(Cl)c1)C2. The fourth-order valence-electron chi connectivity index (χ4n) is 4.12. The van der Waals surface area contributed by atoms with Crippen molar-refractivity contribution < 1.29 is 4.79 Å². The summed E-state index contributed by atoms with van der Waals surface area (Å²) in [6, 6.07) is 8.80. The fourth-order valence-corrected chi connectivity index (χ4v) is 4.31. The molecule has 120 valence electrons. The molecule has 0 saturated carbocycles. The molecule has 1 amide bonds. The highest BCUT2D eigenvalue weighted by Crippen LogP contribution is 2.34. The molecule has 0 aliphatic carbocycles. The van der Waals surface area contributed by atoms with Gasteiger partial charge in [0.1, 0.15) is 0 Å². The predicted octanol–water partition coefficient (Wildman–Crippen LogP) is 3.87. The molecule has 2 aliphatic rings. The number of nitrogens with one attached hydrogen (secondary N) is 1. The summed E-state index contributed by atoms with van der Waals surface area (Å²) < 4.78 is 0. The lowest BCUT2D eigenvalue weighted by Crippen LogP contribution is -2.57. The van der Waals surface area contributed by atoms with Crippen molar-refractivity contribution in [2.75, 3.05) is 6.54 Å². The molecule has 3 rings (SSSR count). The van der Waals surface area contributed by atoms with E-state index < -0.39 is 0 Å². The average Bonchev–Trinajstić information content (AvgIpc) is 2.48. The summed E-state index contributed by atoms with van der Waals surface area (Å²) in [6.45, 7) is 3.45. The average molecular weight is 321 g/mol. The summed E-state index contributed by atoms with van der Waals surface area (Å²) in [7, 11) is 0. The van der Waals surface area contributed by atoms with Crippen molar-refractivity contribution in [3.05, 3.63) is 34.9 Å². The van der Waals surface area contributed by atoms with Gasteiger partial charge in [0.2, 0.25) is 0 Å². The Morgan fingerprint density at radius 1 is 1.32 bits per heavy atom. The van der Waals surface area contributed by atoms with Gasteiger partial charge in [0.25, 0.3) is 5.91 Å². The van der Waals surface area contributed by atoms with Crippen LogP contribution in [0, 0.1) is 0 Å². The summed E-state index contributed by atoms with van der Waals surface area (Å²) >= 11 is 5.98. The predicted molar refractivity (Wildman–Crippen MR) is 90.4 cm³/mol. The molecule has 0 radical (unpaired) electrons. The quantitative estimate of drug-likeness (QED) is 0.913. The number of carbonyl (C=O) groups excluding carboxylic acids is 1. The Kier molecular flexibility index (Phi) is 5.04. The van der Waals surface area contributed by atoms with Crippen LogP contribution in [0.2, 0.25) is 5.02 Å². The van der Waals surface area contributed by atoms with Gasteiger partial charge in [-0.1, -0.05) is 31.0 Å².